The van der Waals surface area contributed by atoms with Gasteiger partial charge in [0.1, 0.15) is 0 Å². The van der Waals surface area contributed by atoms with E-state index in [0.717, 1.165) is 36.5 Å². The Morgan fingerprint density at radius 2 is 2.00 bits per heavy atom. The quantitative estimate of drug-likeness (QED) is 0.682. The molecule has 0 radical (unpaired) electrons. The summed E-state index contributed by atoms with van der Waals surface area (Å²) < 4.78 is 1.87. The monoisotopic (exact) mass is 385 g/mol. The number of ketones is 1. The molecule has 0 saturated carbocycles. The Balaban J connectivity index is 1.67. The fourth-order valence-corrected chi connectivity index (χ4v) is 3.63. The molecular weight excluding hydrogens is 369 g/mol. The number of Topliss-reactive ketones (excluding diaryl/α,β-unsaturated/α-hetero) is 1. The van der Waals surface area contributed by atoms with E-state index in [1.807, 2.05) is 28.9 Å². The molecule has 0 bridgehead atoms. The zero-order valence-electron chi connectivity index (χ0n) is 14.0. The number of hydrogen-bond acceptors (Lipinski definition) is 3. The lowest BCUT2D eigenvalue weighted by Gasteiger charge is -2.10. The average Bonchev–Trinajstić information content (AvgIpc) is 3.08. The molecule has 1 aliphatic rings. The number of hydrogen-bond donors (Lipinski definition) is 1. The van der Waals surface area contributed by atoms with E-state index in [1.54, 1.807) is 18.2 Å². The van der Waals surface area contributed by atoms with Crippen LogP contribution < -0.4 is 5.32 Å². The summed E-state index contributed by atoms with van der Waals surface area (Å²) in [5, 5.41) is 8.71. The Morgan fingerprint density at radius 3 is 2.85 bits per heavy atom. The van der Waals surface area contributed by atoms with E-state index in [-0.39, 0.29) is 12.2 Å². The number of benzene rings is 2. The molecule has 132 valence electrons. The summed E-state index contributed by atoms with van der Waals surface area (Å²) in [5.41, 5.74) is 4.57. The number of para-hydroxylation sites is 1. The number of rotatable bonds is 4. The Kier molecular flexibility index (Phi) is 4.81. The van der Waals surface area contributed by atoms with Crippen LogP contribution in [0.1, 0.15) is 27.2 Å². The molecule has 0 aliphatic carbocycles. The molecule has 6 heteroatoms. The Labute approximate surface area is 161 Å². The second-order valence-electron chi connectivity index (χ2n) is 6.30. The summed E-state index contributed by atoms with van der Waals surface area (Å²) in [4.78, 5) is 12.8. The summed E-state index contributed by atoms with van der Waals surface area (Å²) in [6.45, 7) is 1.74. The van der Waals surface area contributed by atoms with Gasteiger partial charge in [-0.3, -0.25) is 4.79 Å². The normalized spacial score (nSPS) is 13.5. The molecule has 4 rings (SSSR count). The molecule has 1 N–H and O–H groups in total. The molecule has 0 saturated heterocycles. The van der Waals surface area contributed by atoms with E-state index in [9.17, 15) is 4.79 Å². The van der Waals surface area contributed by atoms with Crippen LogP contribution in [0.3, 0.4) is 0 Å². The number of carbonyl (C=O) groups excluding carboxylic acids is 1. The minimum absolute atomic E-state index is 0.0662. The molecule has 0 atom stereocenters. The van der Waals surface area contributed by atoms with E-state index < -0.39 is 0 Å². The predicted molar refractivity (Wildman–Crippen MR) is 103 cm³/mol. The highest BCUT2D eigenvalue weighted by atomic mass is 35.5. The zero-order valence-corrected chi connectivity index (χ0v) is 15.5. The first-order chi connectivity index (χ1) is 12.6. The molecule has 1 aromatic heterocycles. The molecule has 0 amide bonds. The largest absolute Gasteiger partial charge is 0.311 e. The van der Waals surface area contributed by atoms with Crippen molar-refractivity contribution in [1.29, 1.82) is 0 Å². The van der Waals surface area contributed by atoms with Crippen LogP contribution in [0, 0.1) is 0 Å². The topological polar surface area (TPSA) is 46.9 Å². The first kappa shape index (κ1) is 17.3. The van der Waals surface area contributed by atoms with Gasteiger partial charge in [0.2, 0.25) is 0 Å². The standard InChI is InChI=1S/C20H17Cl2N3O/c21-16-6-3-5-15(20(16)22)19(26)10-13-4-1-2-7-18(13)25-12-14-8-9-23-11-17(14)24-25/h1-7,12,23H,8-11H2. The third kappa shape index (κ3) is 3.28. The molecule has 26 heavy (non-hydrogen) atoms. The lowest BCUT2D eigenvalue weighted by molar-refractivity contribution is 0.0993. The van der Waals surface area contributed by atoms with Gasteiger partial charge in [0, 0.05) is 24.7 Å². The lowest BCUT2D eigenvalue weighted by atomic mass is 10.0. The number of carbonyl (C=O) groups is 1. The second-order valence-corrected chi connectivity index (χ2v) is 7.09. The third-order valence-electron chi connectivity index (χ3n) is 4.58. The summed E-state index contributed by atoms with van der Waals surface area (Å²) in [5.74, 6) is -0.0662. The highest BCUT2D eigenvalue weighted by molar-refractivity contribution is 6.43. The van der Waals surface area contributed by atoms with Gasteiger partial charge < -0.3 is 5.32 Å². The van der Waals surface area contributed by atoms with Gasteiger partial charge in [-0.25, -0.2) is 4.68 Å². The number of fused-ring (bicyclic) bond motifs is 1. The first-order valence-corrected chi connectivity index (χ1v) is 9.22. The molecule has 0 spiro atoms. The summed E-state index contributed by atoms with van der Waals surface area (Å²) in [6, 6.07) is 12.9. The van der Waals surface area contributed by atoms with Crippen LogP contribution in [0.15, 0.2) is 48.7 Å². The van der Waals surface area contributed by atoms with Crippen LogP contribution in [-0.4, -0.2) is 22.1 Å². The Bertz CT molecular complexity index is 957. The lowest BCUT2D eigenvalue weighted by Crippen LogP contribution is -2.22. The first-order valence-electron chi connectivity index (χ1n) is 8.47. The zero-order chi connectivity index (χ0) is 18.1. The number of halogens is 2. The van der Waals surface area contributed by atoms with Crippen molar-refractivity contribution in [3.8, 4) is 5.69 Å². The van der Waals surface area contributed by atoms with Gasteiger partial charge in [0.05, 0.1) is 21.4 Å². The fourth-order valence-electron chi connectivity index (χ4n) is 3.23. The van der Waals surface area contributed by atoms with Crippen molar-refractivity contribution < 1.29 is 4.79 Å². The van der Waals surface area contributed by atoms with Crippen molar-refractivity contribution in [2.45, 2.75) is 19.4 Å². The van der Waals surface area contributed by atoms with E-state index in [4.69, 9.17) is 23.2 Å². The number of aromatic nitrogens is 2. The van der Waals surface area contributed by atoms with Crippen molar-refractivity contribution in [2.24, 2.45) is 0 Å². The predicted octanol–water partition coefficient (Wildman–Crippen LogP) is 4.25. The highest BCUT2D eigenvalue weighted by Crippen LogP contribution is 2.27. The third-order valence-corrected chi connectivity index (χ3v) is 5.40. The van der Waals surface area contributed by atoms with E-state index >= 15 is 0 Å². The molecule has 2 aromatic carbocycles. The second kappa shape index (κ2) is 7.23. The summed E-state index contributed by atoms with van der Waals surface area (Å²) in [6.07, 6.45) is 3.26. The van der Waals surface area contributed by atoms with Gasteiger partial charge in [0.25, 0.3) is 0 Å². The van der Waals surface area contributed by atoms with Crippen molar-refractivity contribution in [3.05, 3.63) is 81.1 Å². The van der Waals surface area contributed by atoms with Gasteiger partial charge in [0.15, 0.2) is 5.78 Å². The maximum absolute atomic E-state index is 12.8. The minimum atomic E-state index is -0.0662. The van der Waals surface area contributed by atoms with Gasteiger partial charge in [-0.05, 0) is 42.3 Å². The molecule has 1 aliphatic heterocycles. The minimum Gasteiger partial charge on any atom is -0.311 e. The Morgan fingerprint density at radius 1 is 1.15 bits per heavy atom. The van der Waals surface area contributed by atoms with E-state index in [2.05, 4.69) is 16.6 Å². The summed E-state index contributed by atoms with van der Waals surface area (Å²) in [7, 11) is 0. The van der Waals surface area contributed by atoms with Gasteiger partial charge in [-0.1, -0.05) is 47.5 Å². The fraction of sp³-hybridized carbons (Fsp3) is 0.200. The van der Waals surface area contributed by atoms with Crippen LogP contribution in [0.5, 0.6) is 0 Å². The van der Waals surface area contributed by atoms with Crippen molar-refractivity contribution in [3.63, 3.8) is 0 Å². The van der Waals surface area contributed by atoms with Crippen molar-refractivity contribution in [1.82, 2.24) is 15.1 Å². The molecule has 0 unspecified atom stereocenters. The molecule has 2 heterocycles. The van der Waals surface area contributed by atoms with Crippen LogP contribution in [0.25, 0.3) is 5.69 Å². The molecular formula is C20H17Cl2N3O. The van der Waals surface area contributed by atoms with Crippen LogP contribution in [-0.2, 0) is 19.4 Å². The summed E-state index contributed by atoms with van der Waals surface area (Å²) >= 11 is 12.2. The van der Waals surface area contributed by atoms with Crippen molar-refractivity contribution in [2.75, 3.05) is 6.54 Å². The van der Waals surface area contributed by atoms with Crippen LogP contribution in [0.4, 0.5) is 0 Å². The molecule has 0 fully saturated rings. The maximum Gasteiger partial charge on any atom is 0.168 e. The Hall–Kier alpha value is -2.14. The molecule has 4 nitrogen and oxygen atoms in total. The highest BCUT2D eigenvalue weighted by Gasteiger charge is 2.18. The van der Waals surface area contributed by atoms with Crippen molar-refractivity contribution >= 4 is 29.0 Å². The van der Waals surface area contributed by atoms with Gasteiger partial charge in [-0.2, -0.15) is 5.10 Å². The van der Waals surface area contributed by atoms with E-state index in [1.165, 1.54) is 5.56 Å². The molecule has 3 aromatic rings. The maximum atomic E-state index is 12.8. The van der Waals surface area contributed by atoms with Crippen LogP contribution >= 0.6 is 23.2 Å². The number of nitrogens with zero attached hydrogens (tertiary/aromatic N) is 2. The SMILES string of the molecule is O=C(Cc1ccccc1-n1cc2c(n1)CNCC2)c1cccc(Cl)c1Cl. The van der Waals surface area contributed by atoms with Crippen LogP contribution in [0.2, 0.25) is 10.0 Å². The van der Waals surface area contributed by atoms with Gasteiger partial charge >= 0.3 is 0 Å². The smallest absolute Gasteiger partial charge is 0.168 e. The number of nitrogens with one attached hydrogen (secondary N) is 1. The average molecular weight is 386 g/mol. The van der Waals surface area contributed by atoms with E-state index in [0.29, 0.717) is 15.6 Å². The van der Waals surface area contributed by atoms with Gasteiger partial charge in [-0.15, -0.1) is 0 Å².